The number of carbonyl (C=O) groups excluding carboxylic acids is 1. The summed E-state index contributed by atoms with van der Waals surface area (Å²) in [6, 6.07) is 16.0. The maximum Gasteiger partial charge on any atom is 0.297 e. The molecule has 0 bridgehead atoms. The highest BCUT2D eigenvalue weighted by molar-refractivity contribution is 8.33. The first kappa shape index (κ1) is 17.9. The maximum absolute atomic E-state index is 13.2. The first-order valence-electron chi connectivity index (χ1n) is 8.49. The Labute approximate surface area is 167 Å². The van der Waals surface area contributed by atoms with E-state index in [1.807, 2.05) is 36.4 Å². The maximum atomic E-state index is 13.2. The summed E-state index contributed by atoms with van der Waals surface area (Å²) in [5.41, 5.74) is 1.85. The van der Waals surface area contributed by atoms with Gasteiger partial charge < -0.3 is 9.80 Å². The summed E-state index contributed by atoms with van der Waals surface area (Å²) in [6.45, 7) is 3.69. The molecule has 0 saturated carbocycles. The molecule has 26 heavy (non-hydrogen) atoms. The van der Waals surface area contributed by atoms with Gasteiger partial charge in [-0.1, -0.05) is 48.2 Å². The summed E-state index contributed by atoms with van der Waals surface area (Å²) in [5, 5.41) is -0.0471. The van der Waals surface area contributed by atoms with Crippen molar-refractivity contribution in [2.75, 3.05) is 38.1 Å². The third-order valence-corrected chi connectivity index (χ3v) is 6.98. The number of thioether (sulfide) groups is 1. The fourth-order valence-electron chi connectivity index (χ4n) is 3.08. The van der Waals surface area contributed by atoms with Crippen LogP contribution in [0.3, 0.4) is 0 Å². The highest BCUT2D eigenvalue weighted by atomic mass is 32.2. The predicted octanol–water partition coefficient (Wildman–Crippen LogP) is 4.67. The molecule has 0 aliphatic carbocycles. The SMILES string of the molecule is CN1CCN(C(=S)SC(=O)N2c3ccccc3Sc3ccccc32)CC1. The molecule has 134 valence electrons. The van der Waals surface area contributed by atoms with E-state index in [9.17, 15) is 4.79 Å². The van der Waals surface area contributed by atoms with Crippen molar-refractivity contribution in [3.05, 3.63) is 48.5 Å². The van der Waals surface area contributed by atoms with Gasteiger partial charge in [0.1, 0.15) is 4.32 Å². The Morgan fingerprint density at radius 2 is 1.50 bits per heavy atom. The quantitative estimate of drug-likeness (QED) is 0.595. The third-order valence-electron chi connectivity index (χ3n) is 4.55. The van der Waals surface area contributed by atoms with Crippen molar-refractivity contribution in [1.29, 1.82) is 0 Å². The first-order chi connectivity index (χ1) is 12.6. The molecule has 0 unspecified atom stereocenters. The Morgan fingerprint density at radius 3 is 2.08 bits per heavy atom. The molecule has 2 heterocycles. The number of hydrogen-bond acceptors (Lipinski definition) is 5. The van der Waals surface area contributed by atoms with Gasteiger partial charge in [0.2, 0.25) is 0 Å². The van der Waals surface area contributed by atoms with Crippen LogP contribution in [-0.4, -0.2) is 52.6 Å². The van der Waals surface area contributed by atoms with Crippen LogP contribution in [0.1, 0.15) is 0 Å². The average Bonchev–Trinajstić information content (AvgIpc) is 2.66. The lowest BCUT2D eigenvalue weighted by atomic mass is 10.2. The average molecular weight is 402 g/mol. The number of hydrogen-bond donors (Lipinski definition) is 0. The lowest BCUT2D eigenvalue weighted by molar-refractivity contribution is 0.220. The van der Waals surface area contributed by atoms with Crippen molar-refractivity contribution < 1.29 is 4.79 Å². The second kappa shape index (κ2) is 7.60. The molecule has 0 radical (unpaired) electrons. The van der Waals surface area contributed by atoms with Crippen molar-refractivity contribution in [3.63, 3.8) is 0 Å². The lowest BCUT2D eigenvalue weighted by Gasteiger charge is -2.35. The van der Waals surface area contributed by atoms with Crippen molar-refractivity contribution in [1.82, 2.24) is 9.80 Å². The standard InChI is InChI=1S/C19H19N3OS3/c1-20-10-12-21(13-11-20)19(24)26-18(23)22-14-6-2-4-8-16(14)25-17-9-5-3-7-15(17)22/h2-9H,10-13H2,1H3. The summed E-state index contributed by atoms with van der Waals surface area (Å²) in [7, 11) is 2.11. The number of para-hydroxylation sites is 2. The summed E-state index contributed by atoms with van der Waals surface area (Å²) >= 11 is 8.43. The van der Waals surface area contributed by atoms with Crippen LogP contribution < -0.4 is 4.90 Å². The number of fused-ring (bicyclic) bond motifs is 2. The van der Waals surface area contributed by atoms with Gasteiger partial charge in [0.05, 0.1) is 11.4 Å². The molecule has 0 N–H and O–H groups in total. The molecule has 1 fully saturated rings. The molecular weight excluding hydrogens is 382 g/mol. The molecule has 1 saturated heterocycles. The minimum atomic E-state index is -0.0471. The van der Waals surface area contributed by atoms with E-state index in [-0.39, 0.29) is 5.24 Å². The second-order valence-electron chi connectivity index (χ2n) is 6.30. The van der Waals surface area contributed by atoms with Crippen LogP contribution in [0, 0.1) is 0 Å². The number of rotatable bonds is 0. The highest BCUT2D eigenvalue weighted by Crippen LogP contribution is 2.48. The number of carbonyl (C=O) groups is 1. The fraction of sp³-hybridized carbons (Fsp3) is 0.263. The van der Waals surface area contributed by atoms with Crippen LogP contribution in [0.15, 0.2) is 58.3 Å². The molecule has 4 nitrogen and oxygen atoms in total. The molecular formula is C19H19N3OS3. The van der Waals surface area contributed by atoms with E-state index >= 15 is 0 Å². The van der Waals surface area contributed by atoms with Crippen molar-refractivity contribution >= 4 is 56.7 Å². The van der Waals surface area contributed by atoms with Gasteiger partial charge in [-0.25, -0.2) is 0 Å². The largest absolute Gasteiger partial charge is 0.355 e. The molecule has 2 aromatic carbocycles. The zero-order valence-corrected chi connectivity index (χ0v) is 16.9. The van der Waals surface area contributed by atoms with Gasteiger partial charge in [0.15, 0.2) is 0 Å². The molecule has 2 aromatic rings. The lowest BCUT2D eigenvalue weighted by Crippen LogP contribution is -2.46. The number of nitrogens with zero attached hydrogens (tertiary/aromatic N) is 3. The number of amides is 1. The number of thiocarbonyl (C=S) groups is 1. The molecule has 0 atom stereocenters. The second-order valence-corrected chi connectivity index (χ2v) is 8.97. The van der Waals surface area contributed by atoms with Crippen LogP contribution >= 0.6 is 35.7 Å². The van der Waals surface area contributed by atoms with Crippen LogP contribution in [0.5, 0.6) is 0 Å². The summed E-state index contributed by atoms with van der Waals surface area (Å²) in [4.78, 5) is 21.6. The molecule has 1 amide bonds. The number of benzene rings is 2. The molecule has 2 aliphatic rings. The van der Waals surface area contributed by atoms with Gasteiger partial charge in [0.25, 0.3) is 5.24 Å². The van der Waals surface area contributed by atoms with E-state index in [0.717, 1.165) is 59.1 Å². The Bertz CT molecular complexity index is 804. The van der Waals surface area contributed by atoms with Crippen LogP contribution in [0.4, 0.5) is 16.2 Å². The number of likely N-dealkylation sites (N-methyl/N-ethyl adjacent to an activating group) is 1. The van der Waals surface area contributed by atoms with Gasteiger partial charge in [0, 0.05) is 47.7 Å². The number of piperazine rings is 1. The van der Waals surface area contributed by atoms with E-state index in [1.54, 1.807) is 16.7 Å². The van der Waals surface area contributed by atoms with Crippen LogP contribution in [-0.2, 0) is 0 Å². The van der Waals surface area contributed by atoms with E-state index in [0.29, 0.717) is 4.32 Å². The van der Waals surface area contributed by atoms with Gasteiger partial charge in [-0.15, -0.1) is 0 Å². The summed E-state index contributed by atoms with van der Waals surface area (Å²) in [6.07, 6.45) is 0. The van der Waals surface area contributed by atoms with Crippen LogP contribution in [0.25, 0.3) is 0 Å². The molecule has 2 aliphatic heterocycles. The van der Waals surface area contributed by atoms with Crippen molar-refractivity contribution in [2.24, 2.45) is 0 Å². The molecule has 0 aromatic heterocycles. The van der Waals surface area contributed by atoms with E-state index in [1.165, 1.54) is 0 Å². The van der Waals surface area contributed by atoms with E-state index in [2.05, 4.69) is 29.0 Å². The Morgan fingerprint density at radius 1 is 0.962 bits per heavy atom. The molecule has 7 heteroatoms. The van der Waals surface area contributed by atoms with Crippen molar-refractivity contribution in [3.8, 4) is 0 Å². The van der Waals surface area contributed by atoms with Gasteiger partial charge in [-0.05, 0) is 31.3 Å². The Kier molecular flexibility index (Phi) is 5.22. The van der Waals surface area contributed by atoms with Gasteiger partial charge in [-0.2, -0.15) is 0 Å². The van der Waals surface area contributed by atoms with Crippen LogP contribution in [0.2, 0.25) is 0 Å². The van der Waals surface area contributed by atoms with E-state index in [4.69, 9.17) is 12.2 Å². The topological polar surface area (TPSA) is 26.8 Å². The minimum Gasteiger partial charge on any atom is -0.355 e. The third kappa shape index (κ3) is 3.49. The van der Waals surface area contributed by atoms with Crippen molar-refractivity contribution in [2.45, 2.75) is 9.79 Å². The Balaban J connectivity index is 1.59. The molecule has 0 spiro atoms. The minimum absolute atomic E-state index is 0.0471. The Hall–Kier alpha value is -1.54. The number of anilines is 2. The smallest absolute Gasteiger partial charge is 0.297 e. The summed E-state index contributed by atoms with van der Waals surface area (Å²) in [5.74, 6) is 0. The monoisotopic (exact) mass is 401 g/mol. The zero-order valence-electron chi connectivity index (χ0n) is 14.4. The predicted molar refractivity (Wildman–Crippen MR) is 114 cm³/mol. The van der Waals surface area contributed by atoms with Gasteiger partial charge in [-0.3, -0.25) is 9.69 Å². The van der Waals surface area contributed by atoms with Gasteiger partial charge >= 0.3 is 0 Å². The summed E-state index contributed by atoms with van der Waals surface area (Å²) < 4.78 is 0.663. The molecule has 4 rings (SSSR count). The highest BCUT2D eigenvalue weighted by Gasteiger charge is 2.30. The normalized spacial score (nSPS) is 16.8. The zero-order chi connectivity index (χ0) is 18.1. The fourth-order valence-corrected chi connectivity index (χ4v) is 5.28. The first-order valence-corrected chi connectivity index (χ1v) is 10.5. The van der Waals surface area contributed by atoms with E-state index < -0.39 is 0 Å².